The molecular formula is C32H21BrClN3O4S2. The number of carbonyl (C=O) groups is 3. The van der Waals surface area contributed by atoms with Crippen LogP contribution in [0, 0.1) is 5.92 Å². The van der Waals surface area contributed by atoms with Crippen molar-refractivity contribution >= 4 is 90.5 Å². The molecule has 3 unspecified atom stereocenters. The zero-order valence-corrected chi connectivity index (χ0v) is 26.2. The normalized spacial score (nSPS) is 19.4. The van der Waals surface area contributed by atoms with Crippen LogP contribution in [0.15, 0.2) is 105 Å². The number of carbonyl (C=O) groups excluding carboxylic acids is 3. The maximum absolute atomic E-state index is 14.0. The first-order valence-electron chi connectivity index (χ1n) is 13.4. The smallest absolute Gasteiger partial charge is 0.308 e. The number of rotatable bonds is 5. The lowest BCUT2D eigenvalue weighted by molar-refractivity contribution is -0.122. The third kappa shape index (κ3) is 5.02. The number of benzene rings is 4. The molecule has 1 fully saturated rings. The van der Waals surface area contributed by atoms with E-state index in [0.717, 1.165) is 32.1 Å². The Balaban J connectivity index is 1.26. The molecule has 0 spiro atoms. The van der Waals surface area contributed by atoms with Crippen molar-refractivity contribution in [2.24, 2.45) is 5.92 Å². The molecule has 214 valence electrons. The molecule has 2 aliphatic heterocycles. The fraction of sp³-hybridized carbons (Fsp3) is 0.125. The molecule has 7 nitrogen and oxygen atoms in total. The van der Waals surface area contributed by atoms with E-state index in [4.69, 9.17) is 11.6 Å². The molecule has 11 heteroatoms. The second kappa shape index (κ2) is 11.1. The van der Waals surface area contributed by atoms with Crippen molar-refractivity contribution in [3.05, 3.63) is 121 Å². The lowest BCUT2D eigenvalue weighted by Gasteiger charge is -2.30. The Bertz CT molecular complexity index is 1990. The van der Waals surface area contributed by atoms with Gasteiger partial charge in [-0.2, -0.15) is 0 Å². The van der Waals surface area contributed by atoms with E-state index in [1.165, 1.54) is 21.2 Å². The molecule has 0 aliphatic carbocycles. The number of thioether (sulfide) groups is 1. The van der Waals surface area contributed by atoms with Crippen LogP contribution in [-0.2, 0) is 20.9 Å². The predicted molar refractivity (Wildman–Crippen MR) is 174 cm³/mol. The van der Waals surface area contributed by atoms with Gasteiger partial charge in [0.25, 0.3) is 0 Å². The Kier molecular flexibility index (Phi) is 7.25. The Morgan fingerprint density at radius 2 is 1.60 bits per heavy atom. The van der Waals surface area contributed by atoms with E-state index in [2.05, 4.69) is 21.2 Å². The lowest BCUT2D eigenvalue weighted by atomic mass is 9.83. The molecule has 0 saturated carbocycles. The number of nitrogens with zero attached hydrogens (tertiary/aromatic N) is 2. The predicted octanol–water partition coefficient (Wildman–Crippen LogP) is 6.91. The zero-order chi connectivity index (χ0) is 29.8. The Morgan fingerprint density at radius 3 is 2.35 bits per heavy atom. The molecule has 2 aliphatic rings. The summed E-state index contributed by atoms with van der Waals surface area (Å²) in [6.45, 7) is -0.224. The average molecular weight is 691 g/mol. The fourth-order valence-corrected chi connectivity index (χ4v) is 8.90. The Labute approximate surface area is 267 Å². The number of nitrogens with one attached hydrogen (secondary N) is 1. The summed E-state index contributed by atoms with van der Waals surface area (Å²) < 4.78 is 2.29. The van der Waals surface area contributed by atoms with Gasteiger partial charge in [-0.05, 0) is 64.9 Å². The maximum atomic E-state index is 14.0. The standard InChI is InChI=1S/C32H21BrClN3O4S2/c33-20-8-5-18(6-9-20)25-26-27(30(40)37(29(26)39)23-13-10-21(34)11-14-23)42-31-28(25)43-32(41)36(31)16-24(38)35-22-12-7-17-3-1-2-4-19(17)15-22/h1-15,25-27H,16H2,(H,35,38). The number of aromatic nitrogens is 1. The third-order valence-corrected chi connectivity index (χ3v) is 11.1. The molecular weight excluding hydrogens is 670 g/mol. The Hall–Kier alpha value is -3.70. The van der Waals surface area contributed by atoms with Gasteiger partial charge in [0, 0.05) is 26.0 Å². The van der Waals surface area contributed by atoms with Gasteiger partial charge in [-0.25, -0.2) is 4.90 Å². The highest BCUT2D eigenvalue weighted by atomic mass is 79.9. The van der Waals surface area contributed by atoms with E-state index in [9.17, 15) is 19.2 Å². The van der Waals surface area contributed by atoms with Gasteiger partial charge in [0.05, 0.1) is 16.6 Å². The van der Waals surface area contributed by atoms with E-state index >= 15 is 0 Å². The molecule has 4 aromatic carbocycles. The molecule has 3 heterocycles. The molecule has 1 aromatic heterocycles. The highest BCUT2D eigenvalue weighted by molar-refractivity contribution is 9.10. The van der Waals surface area contributed by atoms with Gasteiger partial charge in [0.15, 0.2) is 0 Å². The highest BCUT2D eigenvalue weighted by Gasteiger charge is 2.56. The fourth-order valence-electron chi connectivity index (χ4n) is 5.74. The molecule has 5 aromatic rings. The molecule has 7 rings (SSSR count). The van der Waals surface area contributed by atoms with Crippen molar-refractivity contribution in [1.29, 1.82) is 0 Å². The van der Waals surface area contributed by atoms with Gasteiger partial charge in [-0.15, -0.1) is 0 Å². The van der Waals surface area contributed by atoms with Gasteiger partial charge >= 0.3 is 4.87 Å². The molecule has 3 amide bonds. The largest absolute Gasteiger partial charge is 0.325 e. The van der Waals surface area contributed by atoms with E-state index in [-0.39, 0.29) is 29.1 Å². The summed E-state index contributed by atoms with van der Waals surface area (Å²) in [6.07, 6.45) is 0. The van der Waals surface area contributed by atoms with Crippen LogP contribution < -0.4 is 15.1 Å². The van der Waals surface area contributed by atoms with Crippen molar-refractivity contribution in [1.82, 2.24) is 4.57 Å². The Morgan fingerprint density at radius 1 is 0.884 bits per heavy atom. The van der Waals surface area contributed by atoms with Gasteiger partial charge in [-0.1, -0.05) is 93.1 Å². The molecule has 1 saturated heterocycles. The minimum Gasteiger partial charge on any atom is -0.325 e. The lowest BCUT2D eigenvalue weighted by Crippen LogP contribution is -2.33. The van der Waals surface area contributed by atoms with Crippen LogP contribution >= 0.6 is 50.6 Å². The first-order chi connectivity index (χ1) is 20.8. The quantitative estimate of drug-likeness (QED) is 0.203. The van der Waals surface area contributed by atoms with Crippen molar-refractivity contribution in [3.8, 4) is 0 Å². The monoisotopic (exact) mass is 689 g/mol. The van der Waals surface area contributed by atoms with Crippen LogP contribution in [0.5, 0.6) is 0 Å². The van der Waals surface area contributed by atoms with Crippen molar-refractivity contribution in [2.45, 2.75) is 22.7 Å². The van der Waals surface area contributed by atoms with E-state index < -0.39 is 17.1 Å². The molecule has 43 heavy (non-hydrogen) atoms. The number of halogens is 2. The van der Waals surface area contributed by atoms with Gasteiger partial charge in [0.1, 0.15) is 11.8 Å². The number of thiazole rings is 1. The summed E-state index contributed by atoms with van der Waals surface area (Å²) in [5.41, 5.74) is 1.88. The van der Waals surface area contributed by atoms with Crippen LogP contribution in [0.25, 0.3) is 10.8 Å². The number of imide groups is 1. The van der Waals surface area contributed by atoms with E-state index in [1.54, 1.807) is 24.3 Å². The zero-order valence-electron chi connectivity index (χ0n) is 22.2. The minimum absolute atomic E-state index is 0.224. The van der Waals surface area contributed by atoms with Crippen molar-refractivity contribution in [3.63, 3.8) is 0 Å². The average Bonchev–Trinajstić information content (AvgIpc) is 3.44. The first-order valence-corrected chi connectivity index (χ1v) is 16.2. The van der Waals surface area contributed by atoms with Crippen molar-refractivity contribution < 1.29 is 14.4 Å². The molecule has 0 bridgehead atoms. The summed E-state index contributed by atoms with van der Waals surface area (Å²) in [6, 6.07) is 27.6. The summed E-state index contributed by atoms with van der Waals surface area (Å²) in [7, 11) is 0. The number of amides is 3. The van der Waals surface area contributed by atoms with Crippen LogP contribution in [0.4, 0.5) is 11.4 Å². The number of fused-ring (bicyclic) bond motifs is 3. The number of hydrogen-bond donors (Lipinski definition) is 1. The van der Waals surface area contributed by atoms with Crippen LogP contribution in [0.2, 0.25) is 5.02 Å². The third-order valence-electron chi connectivity index (χ3n) is 7.70. The molecule has 1 N–H and O–H groups in total. The summed E-state index contributed by atoms with van der Waals surface area (Å²) in [4.78, 5) is 56.0. The van der Waals surface area contributed by atoms with Gasteiger partial charge in [0.2, 0.25) is 17.7 Å². The SMILES string of the molecule is O=C(Cn1c2c(sc1=O)C(c1ccc(Br)cc1)C1C(=O)N(c3ccc(Cl)cc3)C(=O)C1S2)Nc1ccc2ccccc2c1. The van der Waals surface area contributed by atoms with Gasteiger partial charge in [-0.3, -0.25) is 23.7 Å². The van der Waals surface area contributed by atoms with Crippen LogP contribution in [-0.4, -0.2) is 27.5 Å². The van der Waals surface area contributed by atoms with Crippen LogP contribution in [0.1, 0.15) is 16.4 Å². The summed E-state index contributed by atoms with van der Waals surface area (Å²) >= 11 is 11.7. The highest BCUT2D eigenvalue weighted by Crippen LogP contribution is 2.54. The van der Waals surface area contributed by atoms with Crippen molar-refractivity contribution in [2.75, 3.05) is 10.2 Å². The van der Waals surface area contributed by atoms with E-state index in [1.807, 2.05) is 66.7 Å². The van der Waals surface area contributed by atoms with E-state index in [0.29, 0.717) is 26.3 Å². The second-order valence-corrected chi connectivity index (χ2v) is 13.8. The summed E-state index contributed by atoms with van der Waals surface area (Å²) in [5.74, 6) is -2.31. The molecule has 3 atom stereocenters. The minimum atomic E-state index is -0.770. The number of anilines is 2. The second-order valence-electron chi connectivity index (χ2n) is 10.3. The maximum Gasteiger partial charge on any atom is 0.308 e. The summed E-state index contributed by atoms with van der Waals surface area (Å²) in [5, 5.41) is 5.20. The molecule has 0 radical (unpaired) electrons. The first kappa shape index (κ1) is 28.1. The van der Waals surface area contributed by atoms with Gasteiger partial charge < -0.3 is 5.32 Å². The van der Waals surface area contributed by atoms with Crippen LogP contribution in [0.3, 0.4) is 0 Å². The number of hydrogen-bond acceptors (Lipinski definition) is 6. The topological polar surface area (TPSA) is 88.5 Å².